The topological polar surface area (TPSA) is 41.1 Å². The van der Waals surface area contributed by atoms with Crippen LogP contribution in [0.4, 0.5) is 11.4 Å². The molecule has 0 fully saturated rings. The van der Waals surface area contributed by atoms with Gasteiger partial charge in [0, 0.05) is 10.7 Å². The molecule has 0 heterocycles. The maximum atomic E-state index is 11.8. The van der Waals surface area contributed by atoms with E-state index in [0.717, 1.165) is 0 Å². The maximum Gasteiger partial charge on any atom is 0.243 e. The summed E-state index contributed by atoms with van der Waals surface area (Å²) in [7, 11) is 0. The van der Waals surface area contributed by atoms with Gasteiger partial charge in [0.25, 0.3) is 0 Å². The number of rotatable bonds is 4. The van der Waals surface area contributed by atoms with Crippen molar-refractivity contribution in [3.8, 4) is 0 Å². The average molecular weight is 364 g/mol. The summed E-state index contributed by atoms with van der Waals surface area (Å²) in [5.41, 5.74) is 1.20. The molecule has 0 aliphatic carbocycles. The Kier molecular flexibility index (Phi) is 5.59. The zero-order valence-corrected chi connectivity index (χ0v) is 13.6. The summed E-state index contributed by atoms with van der Waals surface area (Å²) >= 11 is 23.5. The summed E-state index contributed by atoms with van der Waals surface area (Å²) in [5, 5.41) is 7.34. The molecule has 7 heteroatoms. The molecule has 110 valence electrons. The van der Waals surface area contributed by atoms with Crippen molar-refractivity contribution in [3.05, 3.63) is 56.5 Å². The van der Waals surface area contributed by atoms with Crippen LogP contribution in [0.3, 0.4) is 0 Å². The fourth-order valence-electron chi connectivity index (χ4n) is 1.57. The first kappa shape index (κ1) is 16.2. The predicted octanol–water partition coefficient (Wildman–Crippen LogP) is 5.35. The first-order valence-corrected chi connectivity index (χ1v) is 7.41. The van der Waals surface area contributed by atoms with Crippen molar-refractivity contribution < 1.29 is 4.79 Å². The number of hydrogen-bond acceptors (Lipinski definition) is 2. The van der Waals surface area contributed by atoms with Gasteiger partial charge < -0.3 is 10.6 Å². The monoisotopic (exact) mass is 362 g/mol. The highest BCUT2D eigenvalue weighted by Crippen LogP contribution is 2.32. The minimum Gasteiger partial charge on any atom is -0.375 e. The van der Waals surface area contributed by atoms with Crippen molar-refractivity contribution >= 4 is 63.7 Å². The molecule has 2 N–H and O–H groups in total. The highest BCUT2D eigenvalue weighted by atomic mass is 35.5. The second-order valence-electron chi connectivity index (χ2n) is 4.15. The normalized spacial score (nSPS) is 10.3. The largest absolute Gasteiger partial charge is 0.375 e. The Morgan fingerprint density at radius 1 is 0.905 bits per heavy atom. The molecule has 1 amide bonds. The highest BCUT2D eigenvalue weighted by molar-refractivity contribution is 6.44. The van der Waals surface area contributed by atoms with Crippen LogP contribution >= 0.6 is 46.4 Å². The van der Waals surface area contributed by atoms with Gasteiger partial charge in [-0.3, -0.25) is 4.79 Å². The van der Waals surface area contributed by atoms with Crippen LogP contribution in [-0.4, -0.2) is 12.5 Å². The number of nitrogens with one attached hydrogen (secondary N) is 2. The second-order valence-corrected chi connectivity index (χ2v) is 5.81. The maximum absolute atomic E-state index is 11.8. The van der Waals surface area contributed by atoms with E-state index in [2.05, 4.69) is 10.6 Å². The molecule has 0 radical (unpaired) electrons. The van der Waals surface area contributed by atoms with Gasteiger partial charge in [0.2, 0.25) is 5.91 Å². The molecular formula is C14H10Cl4N2O. The van der Waals surface area contributed by atoms with E-state index in [1.165, 1.54) is 6.07 Å². The second kappa shape index (κ2) is 7.23. The summed E-state index contributed by atoms with van der Waals surface area (Å²) in [6.45, 7) is 0.0420. The van der Waals surface area contributed by atoms with E-state index < -0.39 is 0 Å². The molecule has 21 heavy (non-hydrogen) atoms. The SMILES string of the molecule is O=C(CNc1cc(Cl)c(Cl)cc1Cl)Nc1ccc(Cl)cc1. The molecular weight excluding hydrogens is 354 g/mol. The van der Waals surface area contributed by atoms with E-state index in [0.29, 0.717) is 31.5 Å². The zero-order valence-electron chi connectivity index (χ0n) is 10.6. The van der Waals surface area contributed by atoms with E-state index >= 15 is 0 Å². The number of carbonyl (C=O) groups excluding carboxylic acids is 1. The average Bonchev–Trinajstić information content (AvgIpc) is 2.44. The van der Waals surface area contributed by atoms with E-state index in [1.807, 2.05) is 0 Å². The van der Waals surface area contributed by atoms with Crippen LogP contribution in [0, 0.1) is 0 Å². The van der Waals surface area contributed by atoms with Crippen LogP contribution in [0.15, 0.2) is 36.4 Å². The lowest BCUT2D eigenvalue weighted by atomic mass is 10.3. The summed E-state index contributed by atoms with van der Waals surface area (Å²) < 4.78 is 0. The molecule has 0 aromatic heterocycles. The van der Waals surface area contributed by atoms with Gasteiger partial charge in [-0.25, -0.2) is 0 Å². The van der Waals surface area contributed by atoms with Crippen molar-refractivity contribution in [1.29, 1.82) is 0 Å². The van der Waals surface area contributed by atoms with Gasteiger partial charge in [-0.05, 0) is 36.4 Å². The van der Waals surface area contributed by atoms with Gasteiger partial charge in [-0.2, -0.15) is 0 Å². The van der Waals surface area contributed by atoms with Gasteiger partial charge in [0.05, 0.1) is 27.3 Å². The first-order chi connectivity index (χ1) is 9.95. The minimum atomic E-state index is -0.223. The Morgan fingerprint density at radius 3 is 2.19 bits per heavy atom. The van der Waals surface area contributed by atoms with Crippen LogP contribution < -0.4 is 10.6 Å². The number of hydrogen-bond donors (Lipinski definition) is 2. The van der Waals surface area contributed by atoms with Crippen LogP contribution in [0.2, 0.25) is 20.1 Å². The molecule has 0 saturated carbocycles. The molecule has 0 bridgehead atoms. The number of carbonyl (C=O) groups is 1. The number of anilines is 2. The number of halogens is 4. The summed E-state index contributed by atoms with van der Waals surface area (Å²) in [6, 6.07) is 9.91. The third-order valence-electron chi connectivity index (χ3n) is 2.58. The quantitative estimate of drug-likeness (QED) is 0.718. The van der Waals surface area contributed by atoms with Crippen molar-refractivity contribution in [3.63, 3.8) is 0 Å². The van der Waals surface area contributed by atoms with Crippen molar-refractivity contribution in [1.82, 2.24) is 0 Å². The lowest BCUT2D eigenvalue weighted by molar-refractivity contribution is -0.114. The Bertz CT molecular complexity index is 659. The first-order valence-electron chi connectivity index (χ1n) is 5.89. The summed E-state index contributed by atoms with van der Waals surface area (Å²) in [4.78, 5) is 11.8. The summed E-state index contributed by atoms with van der Waals surface area (Å²) in [6.07, 6.45) is 0. The molecule has 2 rings (SSSR count). The van der Waals surface area contributed by atoms with Gasteiger partial charge in [0.1, 0.15) is 0 Å². The minimum absolute atomic E-state index is 0.0420. The van der Waals surface area contributed by atoms with Gasteiger partial charge >= 0.3 is 0 Å². The standard InChI is InChI=1S/C14H10Cl4N2O/c15-8-1-3-9(4-2-8)20-14(21)7-19-13-6-11(17)10(16)5-12(13)18/h1-6,19H,7H2,(H,20,21). The molecule has 2 aromatic rings. The Labute approximate surface area is 142 Å². The predicted molar refractivity (Wildman–Crippen MR) is 90.0 cm³/mol. The third kappa shape index (κ3) is 4.68. The van der Waals surface area contributed by atoms with E-state index in [-0.39, 0.29) is 12.5 Å². The van der Waals surface area contributed by atoms with Gasteiger partial charge in [-0.1, -0.05) is 46.4 Å². The lowest BCUT2D eigenvalue weighted by Crippen LogP contribution is -2.21. The van der Waals surface area contributed by atoms with Crippen molar-refractivity contribution in [2.24, 2.45) is 0 Å². The van der Waals surface area contributed by atoms with Gasteiger partial charge in [-0.15, -0.1) is 0 Å². The number of amides is 1. The molecule has 0 spiro atoms. The van der Waals surface area contributed by atoms with E-state index in [1.54, 1.807) is 30.3 Å². The van der Waals surface area contributed by atoms with Crippen molar-refractivity contribution in [2.75, 3.05) is 17.2 Å². The fourth-order valence-corrected chi connectivity index (χ4v) is 2.31. The smallest absolute Gasteiger partial charge is 0.243 e. The molecule has 3 nitrogen and oxygen atoms in total. The summed E-state index contributed by atoms with van der Waals surface area (Å²) in [5.74, 6) is -0.223. The van der Waals surface area contributed by atoms with Crippen LogP contribution in [-0.2, 0) is 4.79 Å². The molecule has 0 atom stereocenters. The van der Waals surface area contributed by atoms with Crippen LogP contribution in [0.5, 0.6) is 0 Å². The van der Waals surface area contributed by atoms with Crippen LogP contribution in [0.25, 0.3) is 0 Å². The zero-order chi connectivity index (χ0) is 15.4. The Morgan fingerprint density at radius 2 is 1.52 bits per heavy atom. The Balaban J connectivity index is 1.95. The van der Waals surface area contributed by atoms with Crippen LogP contribution in [0.1, 0.15) is 0 Å². The molecule has 2 aromatic carbocycles. The molecule has 0 saturated heterocycles. The van der Waals surface area contributed by atoms with E-state index in [4.69, 9.17) is 46.4 Å². The highest BCUT2D eigenvalue weighted by Gasteiger charge is 2.08. The fraction of sp³-hybridized carbons (Fsp3) is 0.0714. The molecule has 0 unspecified atom stereocenters. The van der Waals surface area contributed by atoms with E-state index in [9.17, 15) is 4.79 Å². The lowest BCUT2D eigenvalue weighted by Gasteiger charge is -2.10. The van der Waals surface area contributed by atoms with Gasteiger partial charge in [0.15, 0.2) is 0 Å². The third-order valence-corrected chi connectivity index (χ3v) is 3.86. The Hall–Kier alpha value is -1.13. The number of benzene rings is 2. The van der Waals surface area contributed by atoms with Crippen molar-refractivity contribution in [2.45, 2.75) is 0 Å². The molecule has 0 aliphatic rings. The molecule has 0 aliphatic heterocycles.